The van der Waals surface area contributed by atoms with E-state index in [0.29, 0.717) is 13.1 Å². The Balaban J connectivity index is 1.76. The lowest BCUT2D eigenvalue weighted by Crippen LogP contribution is -2.43. The van der Waals surface area contributed by atoms with Gasteiger partial charge in [0, 0.05) is 23.6 Å². The highest BCUT2D eigenvalue weighted by Gasteiger charge is 2.29. The molecule has 1 aliphatic heterocycles. The minimum absolute atomic E-state index is 0.0826. The fourth-order valence-corrected chi connectivity index (χ4v) is 3.56. The summed E-state index contributed by atoms with van der Waals surface area (Å²) < 4.78 is 8.11. The molecular weight excluding hydrogens is 374 g/mol. The van der Waals surface area contributed by atoms with Gasteiger partial charge in [0.05, 0.1) is 11.0 Å². The molecule has 0 saturated carbocycles. The van der Waals surface area contributed by atoms with Crippen LogP contribution >= 0.6 is 15.9 Å². The summed E-state index contributed by atoms with van der Waals surface area (Å²) in [4.78, 5) is 29.2. The normalized spacial score (nSPS) is 16.6. The highest BCUT2D eigenvalue weighted by molar-refractivity contribution is 9.10. The lowest BCUT2D eigenvalue weighted by molar-refractivity contribution is 0.0189. The molecule has 0 atom stereocenters. The van der Waals surface area contributed by atoms with Gasteiger partial charge in [-0.3, -0.25) is 4.57 Å². The van der Waals surface area contributed by atoms with Crippen molar-refractivity contribution in [2.75, 3.05) is 13.1 Å². The van der Waals surface area contributed by atoms with Gasteiger partial charge in [-0.2, -0.15) is 0 Å². The van der Waals surface area contributed by atoms with Gasteiger partial charge in [0.25, 0.3) is 0 Å². The average Bonchev–Trinajstić information content (AvgIpc) is 2.83. The maximum Gasteiger partial charge on any atom is 0.410 e. The van der Waals surface area contributed by atoms with E-state index in [0.717, 1.165) is 28.3 Å². The zero-order valence-electron chi connectivity index (χ0n) is 14.1. The Labute approximate surface area is 148 Å². The van der Waals surface area contributed by atoms with E-state index in [1.807, 2.05) is 43.5 Å². The second-order valence-electron chi connectivity index (χ2n) is 7.13. The summed E-state index contributed by atoms with van der Waals surface area (Å²) in [6, 6.07) is 5.86. The lowest BCUT2D eigenvalue weighted by Gasteiger charge is -2.33. The van der Waals surface area contributed by atoms with Crippen molar-refractivity contribution in [2.45, 2.75) is 45.3 Å². The number of aromatic nitrogens is 2. The molecule has 1 N–H and O–H groups in total. The quantitative estimate of drug-likeness (QED) is 0.800. The van der Waals surface area contributed by atoms with Crippen LogP contribution in [0.2, 0.25) is 0 Å². The molecule has 24 heavy (non-hydrogen) atoms. The molecule has 7 heteroatoms. The summed E-state index contributed by atoms with van der Waals surface area (Å²) in [7, 11) is 0. The maximum atomic E-state index is 12.4. The number of fused-ring (bicyclic) bond motifs is 1. The van der Waals surface area contributed by atoms with Gasteiger partial charge in [-0.1, -0.05) is 6.07 Å². The summed E-state index contributed by atoms with van der Waals surface area (Å²) in [6.07, 6.45) is 1.19. The first-order valence-electron chi connectivity index (χ1n) is 8.13. The fraction of sp³-hybridized carbons (Fsp3) is 0.529. The van der Waals surface area contributed by atoms with Crippen LogP contribution in [0.3, 0.4) is 0 Å². The molecule has 6 nitrogen and oxygen atoms in total. The number of ether oxygens (including phenoxy) is 1. The van der Waals surface area contributed by atoms with Gasteiger partial charge in [-0.15, -0.1) is 0 Å². The number of benzene rings is 1. The van der Waals surface area contributed by atoms with E-state index in [9.17, 15) is 9.59 Å². The van der Waals surface area contributed by atoms with Crippen molar-refractivity contribution < 1.29 is 9.53 Å². The Kier molecular flexibility index (Phi) is 4.46. The number of aromatic amines is 1. The van der Waals surface area contributed by atoms with Crippen molar-refractivity contribution in [2.24, 2.45) is 0 Å². The molecule has 1 aromatic carbocycles. The van der Waals surface area contributed by atoms with Crippen molar-refractivity contribution in [1.82, 2.24) is 14.5 Å². The van der Waals surface area contributed by atoms with Crippen LogP contribution in [0.5, 0.6) is 0 Å². The number of hydrogen-bond acceptors (Lipinski definition) is 3. The molecule has 0 aliphatic carbocycles. The predicted molar refractivity (Wildman–Crippen MR) is 96.3 cm³/mol. The second-order valence-corrected chi connectivity index (χ2v) is 7.99. The van der Waals surface area contributed by atoms with Crippen LogP contribution in [0.25, 0.3) is 11.0 Å². The molecule has 2 heterocycles. The maximum absolute atomic E-state index is 12.4. The Morgan fingerprint density at radius 3 is 2.58 bits per heavy atom. The Hall–Kier alpha value is -1.76. The lowest BCUT2D eigenvalue weighted by atomic mass is 10.0. The molecule has 130 valence electrons. The molecule has 3 rings (SSSR count). The SMILES string of the molecule is CC(C)(C)OC(=O)N1CCC(n2c(=O)[nH]c3c(Br)cccc32)CC1. The molecule has 0 radical (unpaired) electrons. The number of halogens is 1. The van der Waals surface area contributed by atoms with Gasteiger partial charge in [-0.05, 0) is 61.7 Å². The van der Waals surface area contributed by atoms with Gasteiger partial charge in [0.2, 0.25) is 0 Å². The Morgan fingerprint density at radius 1 is 1.29 bits per heavy atom. The van der Waals surface area contributed by atoms with E-state index in [1.165, 1.54) is 0 Å². The number of rotatable bonds is 1. The number of carbonyl (C=O) groups excluding carboxylic acids is 1. The number of hydrogen-bond donors (Lipinski definition) is 1. The van der Waals surface area contributed by atoms with Crippen LogP contribution in [0.4, 0.5) is 4.79 Å². The third-order valence-corrected chi connectivity index (χ3v) is 4.84. The van der Waals surface area contributed by atoms with E-state index in [-0.39, 0.29) is 17.8 Å². The molecule has 2 aromatic rings. The highest BCUT2D eigenvalue weighted by atomic mass is 79.9. The van der Waals surface area contributed by atoms with Crippen LogP contribution in [-0.2, 0) is 4.74 Å². The number of nitrogens with one attached hydrogen (secondary N) is 1. The molecule has 1 fully saturated rings. The topological polar surface area (TPSA) is 67.3 Å². The number of imidazole rings is 1. The Bertz CT molecular complexity index is 811. The number of H-pyrrole nitrogens is 1. The molecule has 1 saturated heterocycles. The first-order valence-corrected chi connectivity index (χ1v) is 8.92. The van der Waals surface area contributed by atoms with Crippen molar-refractivity contribution >= 4 is 33.1 Å². The molecule has 1 amide bonds. The number of carbonyl (C=O) groups is 1. The first kappa shape index (κ1) is 17.1. The summed E-state index contributed by atoms with van der Waals surface area (Å²) in [5, 5.41) is 0. The van der Waals surface area contributed by atoms with Gasteiger partial charge in [-0.25, -0.2) is 9.59 Å². The number of likely N-dealkylation sites (tertiary alicyclic amines) is 1. The standard InChI is InChI=1S/C17H22BrN3O3/c1-17(2,3)24-16(23)20-9-7-11(8-10-20)21-13-6-4-5-12(18)14(13)19-15(21)22/h4-6,11H,7-10H2,1-3H3,(H,19,22). The first-order chi connectivity index (χ1) is 11.3. The molecule has 1 aliphatic rings. The summed E-state index contributed by atoms with van der Waals surface area (Å²) >= 11 is 3.47. The third-order valence-electron chi connectivity index (χ3n) is 4.18. The van der Waals surface area contributed by atoms with E-state index < -0.39 is 5.60 Å². The van der Waals surface area contributed by atoms with E-state index in [1.54, 1.807) is 4.90 Å². The summed E-state index contributed by atoms with van der Waals surface area (Å²) in [6.45, 7) is 6.77. The largest absolute Gasteiger partial charge is 0.444 e. The molecule has 0 spiro atoms. The van der Waals surface area contributed by atoms with E-state index >= 15 is 0 Å². The average molecular weight is 396 g/mol. The zero-order valence-corrected chi connectivity index (χ0v) is 15.7. The molecule has 0 unspecified atom stereocenters. The summed E-state index contributed by atoms with van der Waals surface area (Å²) in [5.41, 5.74) is 1.11. The van der Waals surface area contributed by atoms with Crippen LogP contribution < -0.4 is 5.69 Å². The number of amides is 1. The molecular formula is C17H22BrN3O3. The minimum Gasteiger partial charge on any atom is -0.444 e. The number of para-hydroxylation sites is 1. The van der Waals surface area contributed by atoms with E-state index in [4.69, 9.17) is 4.74 Å². The van der Waals surface area contributed by atoms with Crippen LogP contribution in [-0.4, -0.2) is 39.2 Å². The summed E-state index contributed by atoms with van der Waals surface area (Å²) in [5.74, 6) is 0. The smallest absolute Gasteiger partial charge is 0.410 e. The number of nitrogens with zero attached hydrogens (tertiary/aromatic N) is 2. The van der Waals surface area contributed by atoms with Crippen LogP contribution in [0.1, 0.15) is 39.7 Å². The van der Waals surface area contributed by atoms with Gasteiger partial charge in [0.1, 0.15) is 5.60 Å². The highest BCUT2D eigenvalue weighted by Crippen LogP contribution is 2.28. The minimum atomic E-state index is -0.492. The van der Waals surface area contributed by atoms with Gasteiger partial charge >= 0.3 is 11.8 Å². The zero-order chi connectivity index (χ0) is 17.5. The van der Waals surface area contributed by atoms with E-state index in [2.05, 4.69) is 20.9 Å². The second kappa shape index (κ2) is 6.27. The van der Waals surface area contributed by atoms with Crippen molar-refractivity contribution in [3.63, 3.8) is 0 Å². The molecule has 0 bridgehead atoms. The van der Waals surface area contributed by atoms with Crippen molar-refractivity contribution in [3.05, 3.63) is 33.2 Å². The molecule has 1 aromatic heterocycles. The van der Waals surface area contributed by atoms with Crippen molar-refractivity contribution in [1.29, 1.82) is 0 Å². The third kappa shape index (κ3) is 3.36. The van der Waals surface area contributed by atoms with Crippen molar-refractivity contribution in [3.8, 4) is 0 Å². The Morgan fingerprint density at radius 2 is 1.96 bits per heavy atom. The number of piperidine rings is 1. The monoisotopic (exact) mass is 395 g/mol. The van der Waals surface area contributed by atoms with Crippen LogP contribution in [0.15, 0.2) is 27.5 Å². The van der Waals surface area contributed by atoms with Gasteiger partial charge < -0.3 is 14.6 Å². The van der Waals surface area contributed by atoms with Crippen LogP contribution in [0, 0.1) is 0 Å². The fourth-order valence-electron chi connectivity index (χ4n) is 3.11. The van der Waals surface area contributed by atoms with Gasteiger partial charge in [0.15, 0.2) is 0 Å². The predicted octanol–water partition coefficient (Wildman–Crippen LogP) is 3.66.